The van der Waals surface area contributed by atoms with Crippen LogP contribution in [0.2, 0.25) is 0 Å². The highest BCUT2D eigenvalue weighted by Gasteiger charge is 2.32. The molecule has 102 valence electrons. The number of fused-ring (bicyclic) bond motifs is 1. The normalized spacial score (nSPS) is 26.9. The summed E-state index contributed by atoms with van der Waals surface area (Å²) in [6.45, 7) is 2.30. The van der Waals surface area contributed by atoms with E-state index in [2.05, 4.69) is 15.2 Å². The summed E-state index contributed by atoms with van der Waals surface area (Å²) in [5, 5.41) is 3.08. The molecule has 5 heteroatoms. The molecule has 1 aromatic rings. The van der Waals surface area contributed by atoms with E-state index in [1.807, 2.05) is 0 Å². The highest BCUT2D eigenvalue weighted by Crippen LogP contribution is 2.26. The van der Waals surface area contributed by atoms with Gasteiger partial charge in [-0.15, -0.1) is 0 Å². The Balaban J connectivity index is 1.60. The number of aromatic amines is 1. The molecule has 0 radical (unpaired) electrons. The van der Waals surface area contributed by atoms with Gasteiger partial charge in [0, 0.05) is 30.9 Å². The second-order valence-corrected chi connectivity index (χ2v) is 5.47. The van der Waals surface area contributed by atoms with Crippen LogP contribution in [0.4, 0.5) is 0 Å². The van der Waals surface area contributed by atoms with Gasteiger partial charge in [0.1, 0.15) is 0 Å². The van der Waals surface area contributed by atoms with E-state index in [-0.39, 0.29) is 17.5 Å². The molecule has 0 spiro atoms. The Labute approximate surface area is 112 Å². The SMILES string of the molecule is O=C(NC1CCN2CCCC2C1)c1ccc(=O)[nH]c1. The van der Waals surface area contributed by atoms with Crippen molar-refractivity contribution in [2.24, 2.45) is 0 Å². The smallest absolute Gasteiger partial charge is 0.252 e. The standard InChI is InChI=1S/C14H19N3O2/c18-13-4-3-10(9-15-13)14(19)16-11-5-7-17-6-1-2-12(17)8-11/h3-4,9,11-12H,1-2,5-8H2,(H,15,18)(H,16,19). The molecule has 1 amide bonds. The number of hydrogen-bond donors (Lipinski definition) is 2. The molecule has 0 aromatic carbocycles. The van der Waals surface area contributed by atoms with E-state index in [0.717, 1.165) is 19.4 Å². The zero-order chi connectivity index (χ0) is 13.2. The average Bonchev–Trinajstić information content (AvgIpc) is 2.87. The number of nitrogens with one attached hydrogen (secondary N) is 2. The highest BCUT2D eigenvalue weighted by atomic mass is 16.2. The van der Waals surface area contributed by atoms with E-state index in [0.29, 0.717) is 11.6 Å². The first-order valence-electron chi connectivity index (χ1n) is 6.96. The predicted molar refractivity (Wildman–Crippen MR) is 72.1 cm³/mol. The van der Waals surface area contributed by atoms with Crippen molar-refractivity contribution in [3.63, 3.8) is 0 Å². The average molecular weight is 261 g/mol. The first-order valence-corrected chi connectivity index (χ1v) is 6.96. The lowest BCUT2D eigenvalue weighted by Gasteiger charge is -2.35. The highest BCUT2D eigenvalue weighted by molar-refractivity contribution is 5.94. The van der Waals surface area contributed by atoms with Gasteiger partial charge in [0.25, 0.3) is 5.91 Å². The number of hydrogen-bond acceptors (Lipinski definition) is 3. The van der Waals surface area contributed by atoms with Crippen molar-refractivity contribution in [1.29, 1.82) is 0 Å². The second kappa shape index (κ2) is 5.17. The van der Waals surface area contributed by atoms with Crippen LogP contribution < -0.4 is 10.9 Å². The van der Waals surface area contributed by atoms with Gasteiger partial charge >= 0.3 is 0 Å². The molecule has 2 aliphatic rings. The first-order chi connectivity index (χ1) is 9.22. The van der Waals surface area contributed by atoms with Gasteiger partial charge in [-0.3, -0.25) is 9.59 Å². The Kier molecular flexibility index (Phi) is 3.38. The van der Waals surface area contributed by atoms with E-state index >= 15 is 0 Å². The molecule has 19 heavy (non-hydrogen) atoms. The molecular formula is C14H19N3O2. The van der Waals surface area contributed by atoms with Crippen LogP contribution in [-0.4, -0.2) is 41.0 Å². The molecule has 2 aliphatic heterocycles. The van der Waals surface area contributed by atoms with Crippen LogP contribution in [-0.2, 0) is 0 Å². The van der Waals surface area contributed by atoms with Crippen molar-refractivity contribution in [2.75, 3.05) is 13.1 Å². The Hall–Kier alpha value is -1.62. The fourth-order valence-corrected chi connectivity index (χ4v) is 3.18. The molecule has 3 heterocycles. The van der Waals surface area contributed by atoms with Gasteiger partial charge in [-0.1, -0.05) is 0 Å². The van der Waals surface area contributed by atoms with Gasteiger partial charge in [-0.2, -0.15) is 0 Å². The summed E-state index contributed by atoms with van der Waals surface area (Å²) in [5.74, 6) is -0.0901. The maximum atomic E-state index is 12.1. The Bertz CT molecular complexity index is 505. The molecule has 0 aliphatic carbocycles. The zero-order valence-corrected chi connectivity index (χ0v) is 10.9. The lowest BCUT2D eigenvalue weighted by molar-refractivity contribution is 0.0896. The monoisotopic (exact) mass is 261 g/mol. The van der Waals surface area contributed by atoms with Gasteiger partial charge in [0.2, 0.25) is 5.56 Å². The summed E-state index contributed by atoms with van der Waals surface area (Å²) >= 11 is 0. The number of carbonyl (C=O) groups excluding carboxylic acids is 1. The van der Waals surface area contributed by atoms with Crippen molar-refractivity contribution < 1.29 is 4.79 Å². The van der Waals surface area contributed by atoms with Crippen molar-refractivity contribution in [2.45, 2.75) is 37.8 Å². The number of piperidine rings is 1. The maximum absolute atomic E-state index is 12.1. The Morgan fingerprint density at radius 1 is 1.32 bits per heavy atom. The van der Waals surface area contributed by atoms with Crippen molar-refractivity contribution in [1.82, 2.24) is 15.2 Å². The first kappa shape index (κ1) is 12.4. The lowest BCUT2D eigenvalue weighted by Crippen LogP contribution is -2.47. The van der Waals surface area contributed by atoms with Crippen LogP contribution in [0.25, 0.3) is 0 Å². The molecular weight excluding hydrogens is 242 g/mol. The van der Waals surface area contributed by atoms with Gasteiger partial charge < -0.3 is 15.2 Å². The number of amides is 1. The topological polar surface area (TPSA) is 65.2 Å². The van der Waals surface area contributed by atoms with Crippen molar-refractivity contribution >= 4 is 5.91 Å². The fourth-order valence-electron chi connectivity index (χ4n) is 3.18. The van der Waals surface area contributed by atoms with E-state index in [9.17, 15) is 9.59 Å². The summed E-state index contributed by atoms with van der Waals surface area (Å²) in [4.78, 5) is 28.1. The molecule has 0 saturated carbocycles. The lowest BCUT2D eigenvalue weighted by atomic mass is 9.97. The summed E-state index contributed by atoms with van der Waals surface area (Å²) in [6, 6.07) is 3.86. The number of aromatic nitrogens is 1. The molecule has 5 nitrogen and oxygen atoms in total. The van der Waals surface area contributed by atoms with E-state index in [1.165, 1.54) is 31.6 Å². The van der Waals surface area contributed by atoms with Crippen LogP contribution in [0.15, 0.2) is 23.1 Å². The Morgan fingerprint density at radius 3 is 3.00 bits per heavy atom. The molecule has 0 bridgehead atoms. The number of pyridine rings is 1. The number of nitrogens with zero attached hydrogens (tertiary/aromatic N) is 1. The molecule has 2 saturated heterocycles. The summed E-state index contributed by atoms with van der Waals surface area (Å²) in [5.41, 5.74) is 0.337. The second-order valence-electron chi connectivity index (χ2n) is 5.47. The largest absolute Gasteiger partial charge is 0.349 e. The van der Waals surface area contributed by atoms with Crippen LogP contribution in [0.1, 0.15) is 36.0 Å². The van der Waals surface area contributed by atoms with Crippen LogP contribution in [0, 0.1) is 0 Å². The van der Waals surface area contributed by atoms with E-state index in [4.69, 9.17) is 0 Å². The summed E-state index contributed by atoms with van der Waals surface area (Å²) in [7, 11) is 0. The summed E-state index contributed by atoms with van der Waals surface area (Å²) < 4.78 is 0. The molecule has 2 unspecified atom stereocenters. The quantitative estimate of drug-likeness (QED) is 0.825. The Morgan fingerprint density at radius 2 is 2.21 bits per heavy atom. The van der Waals surface area contributed by atoms with E-state index < -0.39 is 0 Å². The number of carbonyl (C=O) groups is 1. The third kappa shape index (κ3) is 2.71. The third-order valence-electron chi connectivity index (χ3n) is 4.20. The van der Waals surface area contributed by atoms with Crippen molar-refractivity contribution in [3.05, 3.63) is 34.2 Å². The number of H-pyrrole nitrogens is 1. The minimum absolute atomic E-state index is 0.0901. The predicted octanol–water partition coefficient (Wildman–Crippen LogP) is 0.731. The van der Waals surface area contributed by atoms with Crippen LogP contribution >= 0.6 is 0 Å². The third-order valence-corrected chi connectivity index (χ3v) is 4.20. The minimum atomic E-state index is -0.184. The van der Waals surface area contributed by atoms with Gasteiger partial charge in [0.05, 0.1) is 5.56 Å². The molecule has 2 fully saturated rings. The maximum Gasteiger partial charge on any atom is 0.252 e. The van der Waals surface area contributed by atoms with Gasteiger partial charge in [-0.25, -0.2) is 0 Å². The summed E-state index contributed by atoms with van der Waals surface area (Å²) in [6.07, 6.45) is 6.08. The van der Waals surface area contributed by atoms with E-state index in [1.54, 1.807) is 6.07 Å². The molecule has 2 N–H and O–H groups in total. The van der Waals surface area contributed by atoms with Gasteiger partial charge in [-0.05, 0) is 38.3 Å². The zero-order valence-electron chi connectivity index (χ0n) is 10.9. The minimum Gasteiger partial charge on any atom is -0.349 e. The van der Waals surface area contributed by atoms with Gasteiger partial charge in [0.15, 0.2) is 0 Å². The fraction of sp³-hybridized carbons (Fsp3) is 0.571. The molecule has 3 rings (SSSR count). The van der Waals surface area contributed by atoms with Crippen molar-refractivity contribution in [3.8, 4) is 0 Å². The molecule has 2 atom stereocenters. The molecule has 1 aromatic heterocycles. The van der Waals surface area contributed by atoms with Crippen LogP contribution in [0.5, 0.6) is 0 Å². The van der Waals surface area contributed by atoms with Crippen LogP contribution in [0.3, 0.4) is 0 Å². The number of rotatable bonds is 2.